The van der Waals surface area contributed by atoms with Crippen LogP contribution < -0.4 is 15.0 Å². The topological polar surface area (TPSA) is 89.3 Å². The van der Waals surface area contributed by atoms with E-state index in [1.807, 2.05) is 54.6 Å². The van der Waals surface area contributed by atoms with Crippen molar-refractivity contribution < 1.29 is 14.3 Å². The van der Waals surface area contributed by atoms with E-state index in [4.69, 9.17) is 16.3 Å². The van der Waals surface area contributed by atoms with Gasteiger partial charge in [0.05, 0.1) is 18.2 Å². The Labute approximate surface area is 205 Å². The van der Waals surface area contributed by atoms with Crippen LogP contribution in [0.2, 0.25) is 5.02 Å². The normalized spacial score (nSPS) is 16.5. The smallest absolute Gasteiger partial charge is 0.268 e. The van der Waals surface area contributed by atoms with E-state index in [9.17, 15) is 9.59 Å². The van der Waals surface area contributed by atoms with Crippen LogP contribution in [0.3, 0.4) is 0 Å². The van der Waals surface area contributed by atoms with Gasteiger partial charge in [0.1, 0.15) is 11.8 Å². The Balaban J connectivity index is 1.44. The monoisotopic (exact) mass is 483 g/mol. The number of anilines is 2. The number of fused-ring (bicyclic) bond motifs is 2. The number of allylic oxidation sites excluding steroid dienone is 1. The van der Waals surface area contributed by atoms with Crippen molar-refractivity contribution in [2.75, 3.05) is 17.3 Å². The first-order valence-electron chi connectivity index (χ1n) is 10.9. The molecule has 0 aliphatic carbocycles. The minimum Gasteiger partial charge on any atom is -0.497 e. The molecule has 0 radical (unpaired) electrons. The minimum atomic E-state index is -0.444. The van der Waals surface area contributed by atoms with E-state index in [0.717, 1.165) is 27.5 Å². The molecule has 35 heavy (non-hydrogen) atoms. The van der Waals surface area contributed by atoms with Crippen LogP contribution in [0.15, 0.2) is 78.9 Å². The van der Waals surface area contributed by atoms with Crippen molar-refractivity contribution in [2.24, 2.45) is 0 Å². The zero-order valence-corrected chi connectivity index (χ0v) is 19.2. The van der Waals surface area contributed by atoms with Gasteiger partial charge in [-0.15, -0.1) is 5.10 Å². The summed E-state index contributed by atoms with van der Waals surface area (Å²) in [5.74, 6) is 0.267. The molecule has 2 amide bonds. The molecule has 1 N–H and O–H groups in total. The maximum absolute atomic E-state index is 13.0. The van der Waals surface area contributed by atoms with E-state index >= 15 is 0 Å². The van der Waals surface area contributed by atoms with Gasteiger partial charge in [0.15, 0.2) is 0 Å². The summed E-state index contributed by atoms with van der Waals surface area (Å²) in [7, 11) is 1.61. The first-order chi connectivity index (χ1) is 17.0. The average Bonchev–Trinajstić information content (AvgIpc) is 3.42. The maximum Gasteiger partial charge on any atom is 0.268 e. The first-order valence-corrected chi connectivity index (χ1v) is 11.2. The van der Waals surface area contributed by atoms with Crippen LogP contribution in [0.1, 0.15) is 37.9 Å². The second kappa shape index (κ2) is 8.11. The van der Waals surface area contributed by atoms with Crippen LogP contribution in [-0.4, -0.2) is 33.7 Å². The zero-order valence-electron chi connectivity index (χ0n) is 18.5. The van der Waals surface area contributed by atoms with Crippen LogP contribution >= 0.6 is 11.6 Å². The Hall–Kier alpha value is -4.43. The molecule has 0 saturated heterocycles. The molecule has 1 aromatic heterocycles. The molecule has 0 fully saturated rings. The van der Waals surface area contributed by atoms with E-state index in [1.165, 1.54) is 0 Å². The summed E-state index contributed by atoms with van der Waals surface area (Å²) in [6, 6.07) is 21.4. The van der Waals surface area contributed by atoms with Crippen LogP contribution in [0.25, 0.3) is 5.70 Å². The maximum atomic E-state index is 13.0. The molecule has 172 valence electrons. The van der Waals surface area contributed by atoms with Gasteiger partial charge >= 0.3 is 0 Å². The summed E-state index contributed by atoms with van der Waals surface area (Å²) in [4.78, 5) is 31.6. The van der Waals surface area contributed by atoms with Gasteiger partial charge in [0, 0.05) is 10.7 Å². The van der Waals surface area contributed by atoms with Crippen LogP contribution in [0, 0.1) is 0 Å². The summed E-state index contributed by atoms with van der Waals surface area (Å²) in [5.41, 5.74) is 3.31. The molecule has 3 heterocycles. The van der Waals surface area contributed by atoms with Crippen LogP contribution in [0.4, 0.5) is 11.9 Å². The number of nitrogens with one attached hydrogen (secondary N) is 1. The molecule has 2 aliphatic heterocycles. The Morgan fingerprint density at radius 3 is 2.20 bits per heavy atom. The van der Waals surface area contributed by atoms with Gasteiger partial charge < -0.3 is 10.1 Å². The minimum absolute atomic E-state index is 0.0166. The zero-order chi connectivity index (χ0) is 24.1. The highest BCUT2D eigenvalue weighted by molar-refractivity contribution is 6.33. The summed E-state index contributed by atoms with van der Waals surface area (Å²) in [6.07, 6.45) is 2.01. The number of amides is 2. The molecular formula is C26H18ClN5O3. The van der Waals surface area contributed by atoms with Gasteiger partial charge in [-0.05, 0) is 53.6 Å². The predicted octanol–water partition coefficient (Wildman–Crippen LogP) is 4.80. The number of carbonyl (C=O) groups excluding carboxylic acids is 2. The largest absolute Gasteiger partial charge is 0.497 e. The third-order valence-electron chi connectivity index (χ3n) is 6.06. The molecule has 4 aromatic rings. The van der Waals surface area contributed by atoms with E-state index in [2.05, 4.69) is 15.4 Å². The highest BCUT2D eigenvalue weighted by atomic mass is 35.5. The number of carbonyl (C=O) groups is 2. The number of ether oxygens (including phenoxy) is 1. The summed E-state index contributed by atoms with van der Waals surface area (Å²) in [5, 5.41) is 8.51. The van der Waals surface area contributed by atoms with Crippen molar-refractivity contribution >= 4 is 41.0 Å². The third kappa shape index (κ3) is 3.46. The van der Waals surface area contributed by atoms with Crippen molar-refractivity contribution in [2.45, 2.75) is 6.04 Å². The molecule has 0 saturated carbocycles. The molecule has 0 spiro atoms. The van der Waals surface area contributed by atoms with Crippen molar-refractivity contribution in [1.82, 2.24) is 14.8 Å². The fourth-order valence-electron chi connectivity index (χ4n) is 4.28. The SMILES string of the molecule is COc1ccc([C@H]2C=C(c3ccc(Cl)cc3)Nc3nc(N4C(=O)c5ccccc5C4=O)nn32)cc1. The predicted molar refractivity (Wildman–Crippen MR) is 132 cm³/mol. The van der Waals surface area contributed by atoms with Gasteiger partial charge in [0.25, 0.3) is 17.8 Å². The summed E-state index contributed by atoms with van der Waals surface area (Å²) in [6.45, 7) is 0. The molecule has 6 rings (SSSR count). The molecule has 3 aromatic carbocycles. The number of methoxy groups -OCH3 is 1. The summed E-state index contributed by atoms with van der Waals surface area (Å²) < 4.78 is 6.96. The molecule has 1 atom stereocenters. The van der Waals surface area contributed by atoms with E-state index in [1.54, 1.807) is 36.1 Å². The number of nitrogens with zero attached hydrogens (tertiary/aromatic N) is 4. The van der Waals surface area contributed by atoms with Gasteiger partial charge in [-0.25, -0.2) is 9.58 Å². The number of aromatic nitrogens is 3. The standard InChI is InChI=1S/C26H18ClN5O3/c1-35-18-12-8-16(9-13-18)22-14-21(15-6-10-17(27)11-7-15)28-25-29-26(30-32(22)25)31-23(33)19-4-2-3-5-20(19)24(31)34/h2-14,22H,1H3,(H,28,29,30)/t22-/m1/s1. The number of benzene rings is 3. The van der Waals surface area contributed by atoms with Gasteiger partial charge in [-0.3, -0.25) is 9.59 Å². The quantitative estimate of drug-likeness (QED) is 0.419. The van der Waals surface area contributed by atoms with Crippen molar-refractivity contribution in [3.63, 3.8) is 0 Å². The Kier molecular flexibility index (Phi) is 4.89. The van der Waals surface area contributed by atoms with Gasteiger partial charge in [-0.1, -0.05) is 48.0 Å². The van der Waals surface area contributed by atoms with E-state index < -0.39 is 11.8 Å². The highest BCUT2D eigenvalue weighted by Crippen LogP contribution is 2.36. The van der Waals surface area contributed by atoms with Crippen molar-refractivity contribution in [3.8, 4) is 5.75 Å². The Bertz CT molecular complexity index is 1470. The lowest BCUT2D eigenvalue weighted by atomic mass is 10.0. The number of hydrogen-bond acceptors (Lipinski definition) is 6. The number of hydrogen-bond donors (Lipinski definition) is 1. The lowest BCUT2D eigenvalue weighted by Gasteiger charge is -2.24. The summed E-state index contributed by atoms with van der Waals surface area (Å²) >= 11 is 6.08. The molecule has 0 bridgehead atoms. The number of halogens is 1. The molecule has 2 aliphatic rings. The molecular weight excluding hydrogens is 466 g/mol. The molecule has 0 unspecified atom stereocenters. The second-order valence-electron chi connectivity index (χ2n) is 8.10. The fraction of sp³-hybridized carbons (Fsp3) is 0.0769. The number of rotatable bonds is 4. The van der Waals surface area contributed by atoms with Crippen LogP contribution in [0.5, 0.6) is 5.75 Å². The third-order valence-corrected chi connectivity index (χ3v) is 6.31. The van der Waals surface area contributed by atoms with E-state index in [0.29, 0.717) is 22.1 Å². The van der Waals surface area contributed by atoms with Crippen molar-refractivity contribution in [1.29, 1.82) is 0 Å². The van der Waals surface area contributed by atoms with Crippen LogP contribution in [-0.2, 0) is 0 Å². The Morgan fingerprint density at radius 2 is 1.57 bits per heavy atom. The Morgan fingerprint density at radius 1 is 0.914 bits per heavy atom. The van der Waals surface area contributed by atoms with Crippen molar-refractivity contribution in [3.05, 3.63) is 106 Å². The first kappa shape index (κ1) is 21.1. The molecule has 8 nitrogen and oxygen atoms in total. The van der Waals surface area contributed by atoms with Gasteiger partial charge in [-0.2, -0.15) is 4.98 Å². The second-order valence-corrected chi connectivity index (χ2v) is 8.54. The lowest BCUT2D eigenvalue weighted by molar-refractivity contribution is 0.0923. The number of imide groups is 1. The highest BCUT2D eigenvalue weighted by Gasteiger charge is 2.40. The lowest BCUT2D eigenvalue weighted by Crippen LogP contribution is -2.30. The molecule has 9 heteroatoms. The fourth-order valence-corrected chi connectivity index (χ4v) is 4.41. The average molecular weight is 484 g/mol. The van der Waals surface area contributed by atoms with E-state index in [-0.39, 0.29) is 12.0 Å². The van der Waals surface area contributed by atoms with Gasteiger partial charge in [0.2, 0.25) is 5.95 Å².